The number of nitrogens with one attached hydrogen (secondary N) is 1. The monoisotopic (exact) mass is 290 g/mol. The van der Waals surface area contributed by atoms with Gasteiger partial charge in [0.25, 0.3) is 0 Å². The molecule has 0 radical (unpaired) electrons. The molecule has 0 spiro atoms. The molecule has 2 rings (SSSR count). The van der Waals surface area contributed by atoms with E-state index in [0.29, 0.717) is 19.6 Å². The molecule has 5 heteroatoms. The van der Waals surface area contributed by atoms with Crippen molar-refractivity contribution in [3.05, 3.63) is 36.0 Å². The van der Waals surface area contributed by atoms with Gasteiger partial charge in [-0.15, -0.1) is 0 Å². The highest BCUT2D eigenvalue weighted by Crippen LogP contribution is 2.18. The summed E-state index contributed by atoms with van der Waals surface area (Å²) in [6.45, 7) is 2.98. The van der Waals surface area contributed by atoms with Crippen LogP contribution in [-0.2, 0) is 27.4 Å². The smallest absolute Gasteiger partial charge is 0.307 e. The first kappa shape index (κ1) is 15.5. The average Bonchev–Trinajstić information content (AvgIpc) is 2.91. The van der Waals surface area contributed by atoms with E-state index in [9.17, 15) is 4.79 Å². The van der Waals surface area contributed by atoms with Gasteiger partial charge >= 0.3 is 5.97 Å². The van der Waals surface area contributed by atoms with Gasteiger partial charge in [0.1, 0.15) is 0 Å². The summed E-state index contributed by atoms with van der Waals surface area (Å²) in [4.78, 5) is 11.3. The van der Waals surface area contributed by atoms with E-state index in [4.69, 9.17) is 4.74 Å². The van der Waals surface area contributed by atoms with Gasteiger partial charge in [0.15, 0.2) is 0 Å². The molecule has 0 unspecified atom stereocenters. The van der Waals surface area contributed by atoms with Crippen LogP contribution in [0.4, 0.5) is 0 Å². The Bertz CT molecular complexity index is 592. The zero-order chi connectivity index (χ0) is 15.1. The van der Waals surface area contributed by atoms with E-state index in [1.807, 2.05) is 6.20 Å². The Morgan fingerprint density at radius 3 is 2.90 bits per heavy atom. The molecule has 0 saturated carbocycles. The second kappa shape index (κ2) is 7.81. The molecule has 0 amide bonds. The number of esters is 1. The van der Waals surface area contributed by atoms with E-state index in [1.165, 1.54) is 18.1 Å². The van der Waals surface area contributed by atoms with Gasteiger partial charge in [0, 0.05) is 38.5 Å². The molecule has 114 valence electrons. The number of aromatic nitrogens is 1. The van der Waals surface area contributed by atoms with Crippen LogP contribution in [0.5, 0.6) is 0 Å². The lowest BCUT2D eigenvalue weighted by Gasteiger charge is -2.07. The Balaban J connectivity index is 2.04. The molecule has 1 aromatic heterocycles. The number of ether oxygens (including phenoxy) is 2. The summed E-state index contributed by atoms with van der Waals surface area (Å²) in [5.41, 5.74) is 2.36. The lowest BCUT2D eigenvalue weighted by atomic mass is 10.1. The molecular weight excluding hydrogens is 268 g/mol. The van der Waals surface area contributed by atoms with Crippen LogP contribution in [0.1, 0.15) is 12.0 Å². The van der Waals surface area contributed by atoms with Crippen LogP contribution in [0.25, 0.3) is 10.9 Å². The van der Waals surface area contributed by atoms with Gasteiger partial charge in [0.05, 0.1) is 20.1 Å². The third-order valence-electron chi connectivity index (χ3n) is 3.43. The number of methoxy groups -OCH3 is 2. The summed E-state index contributed by atoms with van der Waals surface area (Å²) >= 11 is 0. The van der Waals surface area contributed by atoms with Crippen molar-refractivity contribution < 1.29 is 14.3 Å². The second-order valence-corrected chi connectivity index (χ2v) is 4.90. The van der Waals surface area contributed by atoms with Gasteiger partial charge < -0.3 is 19.4 Å². The van der Waals surface area contributed by atoms with E-state index >= 15 is 0 Å². The van der Waals surface area contributed by atoms with Crippen molar-refractivity contribution in [2.24, 2.45) is 0 Å². The minimum absolute atomic E-state index is 0.186. The minimum Gasteiger partial charge on any atom is -0.469 e. The maximum Gasteiger partial charge on any atom is 0.307 e. The molecule has 5 nitrogen and oxygen atoms in total. The summed E-state index contributed by atoms with van der Waals surface area (Å²) in [6.07, 6.45) is 2.40. The molecule has 1 heterocycles. The highest BCUT2D eigenvalue weighted by atomic mass is 16.5. The van der Waals surface area contributed by atoms with Crippen molar-refractivity contribution in [1.82, 2.24) is 9.88 Å². The molecule has 2 aromatic rings. The zero-order valence-electron chi connectivity index (χ0n) is 12.6. The minimum atomic E-state index is -0.186. The zero-order valence-corrected chi connectivity index (χ0v) is 12.6. The van der Waals surface area contributed by atoms with Crippen molar-refractivity contribution in [2.75, 3.05) is 27.4 Å². The van der Waals surface area contributed by atoms with Crippen molar-refractivity contribution in [3.8, 4) is 0 Å². The van der Waals surface area contributed by atoms with Crippen molar-refractivity contribution >= 4 is 16.9 Å². The molecular formula is C16H22N2O3. The van der Waals surface area contributed by atoms with Crippen molar-refractivity contribution in [2.45, 2.75) is 19.5 Å². The van der Waals surface area contributed by atoms with Crippen LogP contribution in [0, 0.1) is 0 Å². The maximum absolute atomic E-state index is 11.3. The highest BCUT2D eigenvalue weighted by Gasteiger charge is 2.05. The Labute approximate surface area is 124 Å². The SMILES string of the molecule is COCCNCc1ccc2ccn(CCC(=O)OC)c2c1. The highest BCUT2D eigenvalue weighted by molar-refractivity contribution is 5.81. The molecule has 0 aliphatic rings. The van der Waals surface area contributed by atoms with Crippen LogP contribution in [0.3, 0.4) is 0 Å². The fourth-order valence-electron chi connectivity index (χ4n) is 2.26. The normalized spacial score (nSPS) is 11.0. The predicted octanol–water partition coefficient (Wildman–Crippen LogP) is 1.94. The van der Waals surface area contributed by atoms with Crippen LogP contribution >= 0.6 is 0 Å². The molecule has 0 fully saturated rings. The van der Waals surface area contributed by atoms with Crippen LogP contribution in [0.2, 0.25) is 0 Å². The summed E-state index contributed by atoms with van der Waals surface area (Å²) in [7, 11) is 3.11. The first-order valence-corrected chi connectivity index (χ1v) is 7.09. The first-order chi connectivity index (χ1) is 10.2. The lowest BCUT2D eigenvalue weighted by Crippen LogP contribution is -2.18. The molecule has 21 heavy (non-hydrogen) atoms. The number of carbonyl (C=O) groups is 1. The summed E-state index contributed by atoms with van der Waals surface area (Å²) in [5, 5.41) is 4.51. The van der Waals surface area contributed by atoms with E-state index in [-0.39, 0.29) is 5.97 Å². The fraction of sp³-hybridized carbons (Fsp3) is 0.438. The Morgan fingerprint density at radius 2 is 2.14 bits per heavy atom. The van der Waals surface area contributed by atoms with Crippen molar-refractivity contribution in [3.63, 3.8) is 0 Å². The third kappa shape index (κ3) is 4.31. The van der Waals surface area contributed by atoms with E-state index in [0.717, 1.165) is 18.6 Å². The number of benzene rings is 1. The van der Waals surface area contributed by atoms with Crippen LogP contribution in [0.15, 0.2) is 30.5 Å². The number of hydrogen-bond donors (Lipinski definition) is 1. The quantitative estimate of drug-likeness (QED) is 0.596. The van der Waals surface area contributed by atoms with Gasteiger partial charge in [-0.05, 0) is 23.1 Å². The predicted molar refractivity (Wildman–Crippen MR) is 82.2 cm³/mol. The lowest BCUT2D eigenvalue weighted by molar-refractivity contribution is -0.140. The maximum atomic E-state index is 11.3. The third-order valence-corrected chi connectivity index (χ3v) is 3.43. The van der Waals surface area contributed by atoms with E-state index in [1.54, 1.807) is 7.11 Å². The standard InChI is InChI=1S/C16H22N2O3/c1-20-10-7-17-12-13-3-4-14-5-8-18(15(14)11-13)9-6-16(19)21-2/h3-5,8,11,17H,6-7,9-10,12H2,1-2H3. The summed E-state index contributed by atoms with van der Waals surface area (Å²) < 4.78 is 11.8. The van der Waals surface area contributed by atoms with Gasteiger partial charge in [-0.25, -0.2) is 0 Å². The number of fused-ring (bicyclic) bond motifs is 1. The van der Waals surface area contributed by atoms with E-state index < -0.39 is 0 Å². The van der Waals surface area contributed by atoms with Gasteiger partial charge in [0.2, 0.25) is 0 Å². The Kier molecular flexibility index (Phi) is 5.78. The van der Waals surface area contributed by atoms with Crippen LogP contribution in [-0.4, -0.2) is 37.9 Å². The number of aryl methyl sites for hydroxylation is 1. The number of hydrogen-bond acceptors (Lipinski definition) is 4. The van der Waals surface area contributed by atoms with Gasteiger partial charge in [-0.2, -0.15) is 0 Å². The largest absolute Gasteiger partial charge is 0.469 e. The molecule has 0 bridgehead atoms. The molecule has 0 aliphatic heterocycles. The number of nitrogens with zero attached hydrogens (tertiary/aromatic N) is 1. The summed E-state index contributed by atoms with van der Waals surface area (Å²) in [5.74, 6) is -0.186. The second-order valence-electron chi connectivity index (χ2n) is 4.90. The number of carbonyl (C=O) groups excluding carboxylic acids is 1. The molecule has 0 atom stereocenters. The molecule has 0 saturated heterocycles. The topological polar surface area (TPSA) is 52.5 Å². The van der Waals surface area contributed by atoms with Gasteiger partial charge in [-0.1, -0.05) is 12.1 Å². The molecule has 1 aromatic carbocycles. The van der Waals surface area contributed by atoms with E-state index in [2.05, 4.69) is 38.9 Å². The first-order valence-electron chi connectivity index (χ1n) is 7.09. The molecule has 1 N–H and O–H groups in total. The van der Waals surface area contributed by atoms with Crippen LogP contribution < -0.4 is 5.32 Å². The Hall–Kier alpha value is -1.85. The van der Waals surface area contributed by atoms with Gasteiger partial charge in [-0.3, -0.25) is 4.79 Å². The molecule has 0 aliphatic carbocycles. The number of rotatable bonds is 8. The average molecular weight is 290 g/mol. The van der Waals surface area contributed by atoms with Crippen molar-refractivity contribution in [1.29, 1.82) is 0 Å². The Morgan fingerprint density at radius 1 is 1.29 bits per heavy atom. The fourth-order valence-corrected chi connectivity index (χ4v) is 2.26. The summed E-state index contributed by atoms with van der Waals surface area (Å²) in [6, 6.07) is 8.45.